The van der Waals surface area contributed by atoms with E-state index in [1.54, 1.807) is 0 Å². The van der Waals surface area contributed by atoms with Crippen LogP contribution < -0.4 is 10.6 Å². The summed E-state index contributed by atoms with van der Waals surface area (Å²) in [7, 11) is 0. The van der Waals surface area contributed by atoms with E-state index in [4.69, 9.17) is 10.5 Å². The minimum absolute atomic E-state index is 0.633. The van der Waals surface area contributed by atoms with Crippen LogP contribution >= 0.6 is 0 Å². The summed E-state index contributed by atoms with van der Waals surface area (Å²) in [6.07, 6.45) is 3.02. The smallest absolute Gasteiger partial charge is 0.142 e. The first-order valence-electron chi connectivity index (χ1n) is 6.20. The van der Waals surface area contributed by atoms with Crippen LogP contribution in [0.3, 0.4) is 0 Å². The van der Waals surface area contributed by atoms with Gasteiger partial charge in [0.2, 0.25) is 0 Å². The largest absolute Gasteiger partial charge is 0.382 e. The van der Waals surface area contributed by atoms with Crippen molar-refractivity contribution in [3.8, 4) is 0 Å². The summed E-state index contributed by atoms with van der Waals surface area (Å²) >= 11 is 0. The fourth-order valence-corrected chi connectivity index (χ4v) is 2.74. The van der Waals surface area contributed by atoms with E-state index in [-0.39, 0.29) is 0 Å². The average molecular weight is 237 g/mol. The van der Waals surface area contributed by atoms with E-state index in [2.05, 4.69) is 20.0 Å². The Bertz CT molecular complexity index is 374. The number of nitrogens with one attached hydrogen (secondary N) is 1. The Labute approximate surface area is 101 Å². The summed E-state index contributed by atoms with van der Waals surface area (Å²) in [5.74, 6) is 0.674. The lowest BCUT2D eigenvalue weighted by molar-refractivity contribution is 0.0209. The van der Waals surface area contributed by atoms with Crippen LogP contribution in [0.2, 0.25) is 0 Å². The molecule has 0 saturated carbocycles. The van der Waals surface area contributed by atoms with Gasteiger partial charge >= 0.3 is 0 Å². The molecule has 1 aromatic heterocycles. The lowest BCUT2D eigenvalue weighted by atomic mass is 10.2. The summed E-state index contributed by atoms with van der Waals surface area (Å²) in [6, 6.07) is 0.633. The molecule has 0 radical (unpaired) electrons. The van der Waals surface area contributed by atoms with Gasteiger partial charge in [0.05, 0.1) is 25.1 Å². The molecule has 94 valence electrons. The van der Waals surface area contributed by atoms with Crippen molar-refractivity contribution in [1.29, 1.82) is 0 Å². The first-order chi connectivity index (χ1) is 8.34. The molecule has 0 spiro atoms. The van der Waals surface area contributed by atoms with Crippen molar-refractivity contribution >= 4 is 11.5 Å². The summed E-state index contributed by atoms with van der Waals surface area (Å²) in [6.45, 7) is 5.95. The van der Waals surface area contributed by atoms with E-state index < -0.39 is 0 Å². The fraction of sp³-hybridized carbons (Fsp3) is 0.727. The number of nitrogen functional groups attached to an aromatic ring is 1. The summed E-state index contributed by atoms with van der Waals surface area (Å²) < 4.78 is 5.39. The zero-order valence-electron chi connectivity index (χ0n) is 9.93. The minimum Gasteiger partial charge on any atom is -0.382 e. The van der Waals surface area contributed by atoms with Crippen molar-refractivity contribution in [2.75, 3.05) is 50.0 Å². The third-order valence-electron chi connectivity index (χ3n) is 3.71. The molecule has 2 saturated heterocycles. The van der Waals surface area contributed by atoms with Gasteiger partial charge in [0.1, 0.15) is 5.82 Å². The van der Waals surface area contributed by atoms with Crippen LogP contribution in [-0.4, -0.2) is 60.5 Å². The molecule has 2 fully saturated rings. The van der Waals surface area contributed by atoms with Crippen molar-refractivity contribution in [3.63, 3.8) is 0 Å². The van der Waals surface area contributed by atoms with Crippen molar-refractivity contribution in [1.82, 2.24) is 15.1 Å². The van der Waals surface area contributed by atoms with E-state index in [0.29, 0.717) is 11.9 Å². The number of aromatic nitrogens is 2. The SMILES string of the molecule is Nc1[nH]ncc1N1CCC(N2CCOCC2)C1. The number of nitrogens with zero attached hydrogens (tertiary/aromatic N) is 3. The third kappa shape index (κ3) is 2.10. The molecule has 6 heteroatoms. The lowest BCUT2D eigenvalue weighted by Crippen LogP contribution is -2.44. The first-order valence-corrected chi connectivity index (χ1v) is 6.20. The Morgan fingerprint density at radius 1 is 1.35 bits per heavy atom. The highest BCUT2D eigenvalue weighted by molar-refractivity contribution is 5.62. The molecule has 0 aromatic carbocycles. The Balaban J connectivity index is 1.63. The predicted octanol–water partition coefficient (Wildman–Crippen LogP) is -0.0972. The Kier molecular flexibility index (Phi) is 2.90. The highest BCUT2D eigenvalue weighted by atomic mass is 16.5. The first kappa shape index (κ1) is 10.9. The van der Waals surface area contributed by atoms with Gasteiger partial charge in [0, 0.05) is 32.2 Å². The van der Waals surface area contributed by atoms with E-state index in [1.807, 2.05) is 6.20 Å². The average Bonchev–Trinajstić information content (AvgIpc) is 2.98. The molecule has 6 nitrogen and oxygen atoms in total. The molecule has 1 aromatic rings. The van der Waals surface area contributed by atoms with Gasteiger partial charge in [-0.05, 0) is 6.42 Å². The molecule has 3 N–H and O–H groups in total. The van der Waals surface area contributed by atoms with Gasteiger partial charge in [-0.15, -0.1) is 0 Å². The molecular formula is C11H19N5O. The van der Waals surface area contributed by atoms with Gasteiger partial charge in [-0.3, -0.25) is 10.00 Å². The van der Waals surface area contributed by atoms with Crippen LogP contribution in [0, 0.1) is 0 Å². The van der Waals surface area contributed by atoms with Crippen LogP contribution in [-0.2, 0) is 4.74 Å². The van der Waals surface area contributed by atoms with Crippen molar-refractivity contribution in [2.45, 2.75) is 12.5 Å². The number of hydrogen-bond acceptors (Lipinski definition) is 5. The lowest BCUT2D eigenvalue weighted by Gasteiger charge is -2.32. The molecule has 2 aliphatic rings. The predicted molar refractivity (Wildman–Crippen MR) is 66.0 cm³/mol. The number of morpholine rings is 1. The highest BCUT2D eigenvalue weighted by Crippen LogP contribution is 2.26. The monoisotopic (exact) mass is 237 g/mol. The third-order valence-corrected chi connectivity index (χ3v) is 3.71. The van der Waals surface area contributed by atoms with Crippen LogP contribution in [0.15, 0.2) is 6.20 Å². The molecule has 1 unspecified atom stereocenters. The number of hydrogen-bond donors (Lipinski definition) is 2. The normalized spacial score (nSPS) is 26.6. The summed E-state index contributed by atoms with van der Waals surface area (Å²) in [4.78, 5) is 4.85. The van der Waals surface area contributed by atoms with E-state index >= 15 is 0 Å². The van der Waals surface area contributed by atoms with Gasteiger partial charge in [0.25, 0.3) is 0 Å². The number of aromatic amines is 1. The molecule has 2 aliphatic heterocycles. The Morgan fingerprint density at radius 2 is 2.18 bits per heavy atom. The number of nitrogens with two attached hydrogens (primary N) is 1. The molecule has 1 atom stereocenters. The Hall–Kier alpha value is -1.27. The van der Waals surface area contributed by atoms with Crippen LogP contribution in [0.5, 0.6) is 0 Å². The number of ether oxygens (including phenoxy) is 1. The second-order valence-corrected chi connectivity index (χ2v) is 4.71. The van der Waals surface area contributed by atoms with E-state index in [0.717, 1.165) is 45.1 Å². The molecule has 3 heterocycles. The van der Waals surface area contributed by atoms with Crippen molar-refractivity contribution < 1.29 is 4.74 Å². The molecular weight excluding hydrogens is 218 g/mol. The van der Waals surface area contributed by atoms with Crippen LogP contribution in [0.4, 0.5) is 11.5 Å². The van der Waals surface area contributed by atoms with Crippen molar-refractivity contribution in [3.05, 3.63) is 6.20 Å². The molecule has 17 heavy (non-hydrogen) atoms. The van der Waals surface area contributed by atoms with Gasteiger partial charge < -0.3 is 15.4 Å². The maximum atomic E-state index is 5.85. The Morgan fingerprint density at radius 3 is 2.88 bits per heavy atom. The van der Waals surface area contributed by atoms with Gasteiger partial charge in [0.15, 0.2) is 0 Å². The van der Waals surface area contributed by atoms with E-state index in [9.17, 15) is 0 Å². The quantitative estimate of drug-likeness (QED) is 0.752. The van der Waals surface area contributed by atoms with Gasteiger partial charge in [-0.1, -0.05) is 0 Å². The minimum atomic E-state index is 0.633. The molecule has 3 rings (SSSR count). The second-order valence-electron chi connectivity index (χ2n) is 4.71. The maximum absolute atomic E-state index is 5.85. The molecule has 0 bridgehead atoms. The number of rotatable bonds is 2. The van der Waals surface area contributed by atoms with Crippen molar-refractivity contribution in [2.24, 2.45) is 0 Å². The number of H-pyrrole nitrogens is 1. The molecule has 0 aliphatic carbocycles. The topological polar surface area (TPSA) is 70.4 Å². The highest BCUT2D eigenvalue weighted by Gasteiger charge is 2.29. The van der Waals surface area contributed by atoms with E-state index in [1.165, 1.54) is 6.42 Å². The zero-order chi connectivity index (χ0) is 11.7. The summed E-state index contributed by atoms with van der Waals surface area (Å²) in [5.41, 5.74) is 6.89. The molecule has 0 amide bonds. The van der Waals surface area contributed by atoms with Crippen LogP contribution in [0.1, 0.15) is 6.42 Å². The van der Waals surface area contributed by atoms with Crippen LogP contribution in [0.25, 0.3) is 0 Å². The van der Waals surface area contributed by atoms with Gasteiger partial charge in [-0.25, -0.2) is 0 Å². The fourth-order valence-electron chi connectivity index (χ4n) is 2.74. The summed E-state index contributed by atoms with van der Waals surface area (Å²) in [5, 5.41) is 6.77. The zero-order valence-corrected chi connectivity index (χ0v) is 9.93. The second kappa shape index (κ2) is 4.54. The van der Waals surface area contributed by atoms with Gasteiger partial charge in [-0.2, -0.15) is 5.10 Å². The number of anilines is 2. The standard InChI is InChI=1S/C11H19N5O/c12-11-10(7-13-14-11)16-2-1-9(8-16)15-3-5-17-6-4-15/h7,9H,1-6,8H2,(H3,12,13,14). The maximum Gasteiger partial charge on any atom is 0.142 e.